The Kier molecular flexibility index (Phi) is 1.73. The van der Waals surface area contributed by atoms with Gasteiger partial charge in [-0.1, -0.05) is 13.8 Å². The summed E-state index contributed by atoms with van der Waals surface area (Å²) in [6.45, 7) is 5.63. The van der Waals surface area contributed by atoms with Crippen LogP contribution in [0.1, 0.15) is 20.3 Å². The van der Waals surface area contributed by atoms with Gasteiger partial charge in [-0.15, -0.1) is 0 Å². The van der Waals surface area contributed by atoms with E-state index in [2.05, 4.69) is 20.1 Å². The van der Waals surface area contributed by atoms with Crippen LogP contribution >= 0.6 is 11.8 Å². The van der Waals surface area contributed by atoms with E-state index in [0.717, 1.165) is 18.4 Å². The maximum absolute atomic E-state index is 5.67. The molecule has 3 atom stereocenters. The van der Waals surface area contributed by atoms with Gasteiger partial charge in [-0.2, -0.15) is 11.8 Å². The van der Waals surface area contributed by atoms with Gasteiger partial charge in [0.2, 0.25) is 0 Å². The first kappa shape index (κ1) is 7.93. The number of ether oxygens (including phenoxy) is 1. The van der Waals surface area contributed by atoms with Gasteiger partial charge in [0.1, 0.15) is 0 Å². The number of thioether (sulfide) groups is 1. The molecule has 2 saturated heterocycles. The second kappa shape index (κ2) is 2.40. The van der Waals surface area contributed by atoms with Crippen molar-refractivity contribution in [2.24, 2.45) is 11.8 Å². The van der Waals surface area contributed by atoms with Gasteiger partial charge in [0, 0.05) is 10.7 Å². The molecule has 0 radical (unpaired) electrons. The SMILES string of the molecule is CSC12COC(C1)C2C(C)C. The smallest absolute Gasteiger partial charge is 0.0634 e. The van der Waals surface area contributed by atoms with Crippen LogP contribution in [0.5, 0.6) is 0 Å². The van der Waals surface area contributed by atoms with E-state index in [1.54, 1.807) is 0 Å². The third-order valence-electron chi connectivity index (χ3n) is 3.22. The Balaban J connectivity index is 2.13. The van der Waals surface area contributed by atoms with E-state index in [1.165, 1.54) is 6.42 Å². The number of fused-ring (bicyclic) bond motifs is 1. The number of rotatable bonds is 2. The molecule has 1 saturated carbocycles. The lowest BCUT2D eigenvalue weighted by atomic mass is 9.67. The Morgan fingerprint density at radius 2 is 2.27 bits per heavy atom. The van der Waals surface area contributed by atoms with E-state index >= 15 is 0 Å². The lowest BCUT2D eigenvalue weighted by molar-refractivity contribution is 0.0544. The average Bonchev–Trinajstić information content (AvgIpc) is 2.40. The highest BCUT2D eigenvalue weighted by atomic mass is 32.2. The van der Waals surface area contributed by atoms with Gasteiger partial charge in [0.25, 0.3) is 0 Å². The summed E-state index contributed by atoms with van der Waals surface area (Å²) in [7, 11) is 0. The largest absolute Gasteiger partial charge is 0.376 e. The molecule has 3 aliphatic rings. The highest BCUT2D eigenvalue weighted by molar-refractivity contribution is 8.00. The molecule has 11 heavy (non-hydrogen) atoms. The zero-order chi connectivity index (χ0) is 8.06. The van der Waals surface area contributed by atoms with Crippen molar-refractivity contribution < 1.29 is 4.74 Å². The molecular formula is C9H16OS. The number of hydrogen-bond acceptors (Lipinski definition) is 2. The second-order valence-electron chi connectivity index (χ2n) is 4.09. The summed E-state index contributed by atoms with van der Waals surface area (Å²) in [5, 5.41) is 0. The third-order valence-corrected chi connectivity index (χ3v) is 4.59. The molecule has 0 spiro atoms. The summed E-state index contributed by atoms with van der Waals surface area (Å²) in [6.07, 6.45) is 4.12. The standard InChI is InChI=1S/C9H16OS/c1-6(2)8-7-4-9(8,11-3)5-10-7/h6-8H,4-5H2,1-3H3. The van der Waals surface area contributed by atoms with Crippen LogP contribution in [0.25, 0.3) is 0 Å². The van der Waals surface area contributed by atoms with Gasteiger partial charge in [-0.3, -0.25) is 0 Å². The van der Waals surface area contributed by atoms with Crippen LogP contribution in [0.15, 0.2) is 0 Å². The van der Waals surface area contributed by atoms with Crippen molar-refractivity contribution in [3.8, 4) is 0 Å². The monoisotopic (exact) mass is 172 g/mol. The van der Waals surface area contributed by atoms with Crippen LogP contribution < -0.4 is 0 Å². The zero-order valence-corrected chi connectivity index (χ0v) is 8.28. The Labute approximate surface area is 72.9 Å². The van der Waals surface area contributed by atoms with Crippen molar-refractivity contribution in [1.29, 1.82) is 0 Å². The maximum atomic E-state index is 5.67. The molecule has 2 aliphatic heterocycles. The van der Waals surface area contributed by atoms with Crippen LogP contribution in [-0.2, 0) is 4.74 Å². The zero-order valence-electron chi connectivity index (χ0n) is 7.46. The summed E-state index contributed by atoms with van der Waals surface area (Å²) in [4.78, 5) is 0. The summed E-state index contributed by atoms with van der Waals surface area (Å²) in [5.74, 6) is 1.63. The fraction of sp³-hybridized carbons (Fsp3) is 1.00. The van der Waals surface area contributed by atoms with E-state index in [0.29, 0.717) is 10.9 Å². The van der Waals surface area contributed by atoms with Crippen molar-refractivity contribution >= 4 is 11.8 Å². The van der Waals surface area contributed by atoms with Crippen molar-refractivity contribution in [1.82, 2.24) is 0 Å². The molecule has 0 aromatic carbocycles. The topological polar surface area (TPSA) is 9.23 Å². The molecule has 1 aliphatic carbocycles. The van der Waals surface area contributed by atoms with E-state index < -0.39 is 0 Å². The first-order valence-electron chi connectivity index (χ1n) is 4.36. The molecule has 0 aromatic heterocycles. The molecule has 2 heterocycles. The molecule has 3 fully saturated rings. The summed E-state index contributed by atoms with van der Waals surface area (Å²) in [5.41, 5.74) is 0. The molecular weight excluding hydrogens is 156 g/mol. The first-order valence-corrected chi connectivity index (χ1v) is 5.59. The summed E-state index contributed by atoms with van der Waals surface area (Å²) < 4.78 is 6.19. The fourth-order valence-corrected chi connectivity index (χ4v) is 3.88. The Bertz CT molecular complexity index is 165. The third kappa shape index (κ3) is 0.888. The average molecular weight is 172 g/mol. The lowest BCUT2D eigenvalue weighted by Crippen LogP contribution is -2.50. The van der Waals surface area contributed by atoms with E-state index in [4.69, 9.17) is 4.74 Å². The van der Waals surface area contributed by atoms with Gasteiger partial charge < -0.3 is 4.74 Å². The highest BCUT2D eigenvalue weighted by Crippen LogP contribution is 2.58. The molecule has 3 rings (SSSR count). The summed E-state index contributed by atoms with van der Waals surface area (Å²) >= 11 is 2.01. The minimum absolute atomic E-state index is 0.513. The molecule has 2 bridgehead atoms. The van der Waals surface area contributed by atoms with Crippen LogP contribution in [0.2, 0.25) is 0 Å². The molecule has 0 amide bonds. The highest BCUT2D eigenvalue weighted by Gasteiger charge is 2.61. The quantitative estimate of drug-likeness (QED) is 0.631. The van der Waals surface area contributed by atoms with Crippen LogP contribution in [0.4, 0.5) is 0 Å². The van der Waals surface area contributed by atoms with E-state index in [-0.39, 0.29) is 0 Å². The van der Waals surface area contributed by atoms with Gasteiger partial charge in [-0.05, 0) is 18.6 Å². The van der Waals surface area contributed by atoms with Gasteiger partial charge in [0.15, 0.2) is 0 Å². The van der Waals surface area contributed by atoms with Crippen molar-refractivity contribution in [2.75, 3.05) is 12.9 Å². The normalized spacial score (nSPS) is 48.0. The molecule has 2 heteroatoms. The second-order valence-corrected chi connectivity index (χ2v) is 5.31. The Morgan fingerprint density at radius 1 is 1.55 bits per heavy atom. The Morgan fingerprint density at radius 3 is 2.64 bits per heavy atom. The molecule has 0 N–H and O–H groups in total. The molecule has 0 aromatic rings. The predicted molar refractivity (Wildman–Crippen MR) is 48.9 cm³/mol. The van der Waals surface area contributed by atoms with Gasteiger partial charge in [0.05, 0.1) is 12.7 Å². The van der Waals surface area contributed by atoms with Crippen LogP contribution in [0.3, 0.4) is 0 Å². The van der Waals surface area contributed by atoms with E-state index in [9.17, 15) is 0 Å². The van der Waals surface area contributed by atoms with Gasteiger partial charge in [-0.25, -0.2) is 0 Å². The lowest BCUT2D eigenvalue weighted by Gasteiger charge is -2.46. The van der Waals surface area contributed by atoms with Crippen molar-refractivity contribution in [3.05, 3.63) is 0 Å². The predicted octanol–water partition coefficient (Wildman–Crippen LogP) is 2.16. The molecule has 64 valence electrons. The van der Waals surface area contributed by atoms with Crippen molar-refractivity contribution in [2.45, 2.75) is 31.1 Å². The maximum Gasteiger partial charge on any atom is 0.0634 e. The number of hydrogen-bond donors (Lipinski definition) is 0. The van der Waals surface area contributed by atoms with Gasteiger partial charge >= 0.3 is 0 Å². The molecule has 3 unspecified atom stereocenters. The van der Waals surface area contributed by atoms with Crippen LogP contribution in [-0.4, -0.2) is 23.7 Å². The summed E-state index contributed by atoms with van der Waals surface area (Å²) in [6, 6.07) is 0. The fourth-order valence-electron chi connectivity index (χ4n) is 2.66. The minimum Gasteiger partial charge on any atom is -0.376 e. The Hall–Kier alpha value is 0.310. The minimum atomic E-state index is 0.513. The molecule has 1 nitrogen and oxygen atoms in total. The van der Waals surface area contributed by atoms with E-state index in [1.807, 2.05) is 11.8 Å². The first-order chi connectivity index (χ1) is 5.19. The van der Waals surface area contributed by atoms with Crippen LogP contribution in [0, 0.1) is 11.8 Å². The van der Waals surface area contributed by atoms with Crippen molar-refractivity contribution in [3.63, 3.8) is 0 Å².